The Hall–Kier alpha value is -1.68. The van der Waals surface area contributed by atoms with Crippen molar-refractivity contribution in [3.05, 3.63) is 58.3 Å². The zero-order valence-corrected chi connectivity index (χ0v) is 20.9. The van der Waals surface area contributed by atoms with E-state index in [1.54, 1.807) is 4.90 Å². The van der Waals surface area contributed by atoms with Crippen LogP contribution in [0.4, 0.5) is 0 Å². The first kappa shape index (κ1) is 25.6. The van der Waals surface area contributed by atoms with Gasteiger partial charge in [0.15, 0.2) is 0 Å². The molecule has 0 bridgehead atoms. The number of carbonyl (C=O) groups excluding carboxylic acids is 1. The number of hydrogen-bond donors (Lipinski definition) is 0. The van der Waals surface area contributed by atoms with Gasteiger partial charge in [0.05, 0.1) is 26.0 Å². The highest BCUT2D eigenvalue weighted by molar-refractivity contribution is 9.10. The summed E-state index contributed by atoms with van der Waals surface area (Å²) in [5, 5.41) is 0. The number of aromatic nitrogens is 1. The minimum absolute atomic E-state index is 0.155. The maximum atomic E-state index is 13.1. The Labute approximate surface area is 194 Å². The van der Waals surface area contributed by atoms with Crippen LogP contribution in [0.15, 0.2) is 47.1 Å². The SMILES string of the molecule is CCCCN(Cc1cccn1Cc1ccc(Br)cc1)C(=O)CN(CCOC)S(C)(=O)=O. The van der Waals surface area contributed by atoms with Crippen LogP contribution in [0, 0.1) is 0 Å². The lowest BCUT2D eigenvalue weighted by molar-refractivity contribution is -0.132. The van der Waals surface area contributed by atoms with Crippen molar-refractivity contribution in [2.45, 2.75) is 32.9 Å². The Morgan fingerprint density at radius 1 is 1.16 bits per heavy atom. The molecule has 1 heterocycles. The number of nitrogens with zero attached hydrogens (tertiary/aromatic N) is 3. The number of unbranched alkanes of at least 4 members (excludes halogenated alkanes) is 1. The monoisotopic (exact) mass is 513 g/mol. The minimum atomic E-state index is -3.50. The van der Waals surface area contributed by atoms with E-state index < -0.39 is 10.0 Å². The van der Waals surface area contributed by atoms with Crippen LogP contribution in [0.5, 0.6) is 0 Å². The van der Waals surface area contributed by atoms with E-state index in [-0.39, 0.29) is 25.6 Å². The Balaban J connectivity index is 2.14. The molecule has 9 heteroatoms. The number of hydrogen-bond acceptors (Lipinski definition) is 4. The molecule has 31 heavy (non-hydrogen) atoms. The number of ether oxygens (including phenoxy) is 1. The highest BCUT2D eigenvalue weighted by atomic mass is 79.9. The molecule has 1 aromatic carbocycles. The van der Waals surface area contributed by atoms with E-state index >= 15 is 0 Å². The molecule has 0 aliphatic rings. The molecule has 0 aliphatic heterocycles. The maximum absolute atomic E-state index is 13.1. The summed E-state index contributed by atoms with van der Waals surface area (Å²) in [6.07, 6.45) is 4.93. The summed E-state index contributed by atoms with van der Waals surface area (Å²) in [7, 11) is -1.99. The number of amides is 1. The third kappa shape index (κ3) is 8.40. The first-order valence-corrected chi connectivity index (χ1v) is 13.0. The van der Waals surface area contributed by atoms with Gasteiger partial charge < -0.3 is 14.2 Å². The van der Waals surface area contributed by atoms with Gasteiger partial charge in [0.25, 0.3) is 0 Å². The predicted octanol–water partition coefficient (Wildman–Crippen LogP) is 3.34. The standard InChI is InChI=1S/C22H32BrN3O4S/c1-4-5-12-25(22(27)18-26(14-15-30-2)31(3,28)29)17-21-7-6-13-24(21)16-19-8-10-20(23)11-9-19/h6-11,13H,4-5,12,14-18H2,1-3H3. The molecule has 2 rings (SSSR count). The molecule has 0 saturated heterocycles. The van der Waals surface area contributed by atoms with Gasteiger partial charge in [0, 0.05) is 43.1 Å². The smallest absolute Gasteiger partial charge is 0.238 e. The molecule has 0 radical (unpaired) electrons. The van der Waals surface area contributed by atoms with Crippen LogP contribution in [0.25, 0.3) is 0 Å². The van der Waals surface area contributed by atoms with Crippen molar-refractivity contribution in [2.24, 2.45) is 0 Å². The summed E-state index contributed by atoms with van der Waals surface area (Å²) in [5.74, 6) is -0.202. The van der Waals surface area contributed by atoms with Crippen molar-refractivity contribution >= 4 is 31.9 Å². The third-order valence-electron chi connectivity index (χ3n) is 5.00. The minimum Gasteiger partial charge on any atom is -0.383 e. The summed E-state index contributed by atoms with van der Waals surface area (Å²) in [6.45, 7) is 4.01. The number of rotatable bonds is 13. The average Bonchev–Trinajstić information content (AvgIpc) is 3.15. The van der Waals surface area contributed by atoms with E-state index in [1.165, 1.54) is 11.4 Å². The van der Waals surface area contributed by atoms with Crippen LogP contribution in [-0.4, -0.2) is 67.7 Å². The lowest BCUT2D eigenvalue weighted by Crippen LogP contribution is -2.44. The van der Waals surface area contributed by atoms with Gasteiger partial charge in [-0.3, -0.25) is 4.79 Å². The number of halogens is 1. The summed E-state index contributed by atoms with van der Waals surface area (Å²) < 4.78 is 33.5. The molecule has 1 amide bonds. The molecular weight excluding hydrogens is 482 g/mol. The van der Waals surface area contributed by atoms with E-state index in [0.717, 1.165) is 34.8 Å². The maximum Gasteiger partial charge on any atom is 0.238 e. The normalized spacial score (nSPS) is 11.8. The number of methoxy groups -OCH3 is 1. The highest BCUT2D eigenvalue weighted by Gasteiger charge is 2.24. The first-order chi connectivity index (χ1) is 14.7. The first-order valence-electron chi connectivity index (χ1n) is 10.3. The van der Waals surface area contributed by atoms with Gasteiger partial charge in [-0.05, 0) is 36.2 Å². The second kappa shape index (κ2) is 12.4. The fraction of sp³-hybridized carbons (Fsp3) is 0.500. The van der Waals surface area contributed by atoms with Crippen LogP contribution < -0.4 is 0 Å². The molecule has 1 aromatic heterocycles. The fourth-order valence-electron chi connectivity index (χ4n) is 3.18. The molecular formula is C22H32BrN3O4S. The number of sulfonamides is 1. The molecule has 0 fully saturated rings. The van der Waals surface area contributed by atoms with Gasteiger partial charge in [0.1, 0.15) is 0 Å². The Kier molecular flexibility index (Phi) is 10.2. The van der Waals surface area contributed by atoms with Crippen molar-refractivity contribution < 1.29 is 17.9 Å². The number of carbonyl (C=O) groups is 1. The fourth-order valence-corrected chi connectivity index (χ4v) is 4.19. The Morgan fingerprint density at radius 2 is 1.87 bits per heavy atom. The van der Waals surface area contributed by atoms with Crippen molar-refractivity contribution in [2.75, 3.05) is 39.6 Å². The van der Waals surface area contributed by atoms with Gasteiger partial charge in [0.2, 0.25) is 15.9 Å². The van der Waals surface area contributed by atoms with Crippen molar-refractivity contribution in [1.82, 2.24) is 13.8 Å². The van der Waals surface area contributed by atoms with Crippen molar-refractivity contribution in [3.63, 3.8) is 0 Å². The van der Waals surface area contributed by atoms with Crippen LogP contribution >= 0.6 is 15.9 Å². The lowest BCUT2D eigenvalue weighted by atomic mass is 10.2. The van der Waals surface area contributed by atoms with E-state index in [2.05, 4.69) is 39.6 Å². The lowest BCUT2D eigenvalue weighted by Gasteiger charge is -2.27. The molecule has 0 N–H and O–H groups in total. The van der Waals surface area contributed by atoms with Crippen LogP contribution in [-0.2, 0) is 32.6 Å². The van der Waals surface area contributed by atoms with Crippen molar-refractivity contribution in [1.29, 1.82) is 0 Å². The van der Waals surface area contributed by atoms with Crippen molar-refractivity contribution in [3.8, 4) is 0 Å². The van der Waals surface area contributed by atoms with Gasteiger partial charge in [-0.1, -0.05) is 41.4 Å². The van der Waals surface area contributed by atoms with Crippen LogP contribution in [0.2, 0.25) is 0 Å². The molecule has 0 atom stereocenters. The predicted molar refractivity (Wildman–Crippen MR) is 126 cm³/mol. The molecule has 0 aliphatic carbocycles. The van der Waals surface area contributed by atoms with Gasteiger partial charge in [-0.25, -0.2) is 8.42 Å². The van der Waals surface area contributed by atoms with Gasteiger partial charge >= 0.3 is 0 Å². The largest absolute Gasteiger partial charge is 0.383 e. The second-order valence-electron chi connectivity index (χ2n) is 7.51. The molecule has 172 valence electrons. The van der Waals surface area contributed by atoms with Gasteiger partial charge in [-0.2, -0.15) is 4.31 Å². The third-order valence-corrected chi connectivity index (χ3v) is 6.78. The van der Waals surface area contributed by atoms with E-state index in [9.17, 15) is 13.2 Å². The molecule has 0 saturated carbocycles. The molecule has 7 nitrogen and oxygen atoms in total. The van der Waals surface area contributed by atoms with Crippen LogP contribution in [0.3, 0.4) is 0 Å². The zero-order valence-electron chi connectivity index (χ0n) is 18.5. The van der Waals surface area contributed by atoms with E-state index in [0.29, 0.717) is 19.6 Å². The summed E-state index contributed by atoms with van der Waals surface area (Å²) in [5.41, 5.74) is 2.17. The highest BCUT2D eigenvalue weighted by Crippen LogP contribution is 2.15. The zero-order chi connectivity index (χ0) is 22.9. The number of benzene rings is 1. The Morgan fingerprint density at radius 3 is 2.48 bits per heavy atom. The summed E-state index contributed by atoms with van der Waals surface area (Å²) >= 11 is 3.45. The topological polar surface area (TPSA) is 71.9 Å². The molecule has 0 spiro atoms. The average molecular weight is 514 g/mol. The Bertz CT molecular complexity index is 928. The second-order valence-corrected chi connectivity index (χ2v) is 10.4. The van der Waals surface area contributed by atoms with E-state index in [4.69, 9.17) is 4.74 Å². The summed E-state index contributed by atoms with van der Waals surface area (Å²) in [4.78, 5) is 14.8. The van der Waals surface area contributed by atoms with Crippen LogP contribution in [0.1, 0.15) is 31.0 Å². The van der Waals surface area contributed by atoms with Gasteiger partial charge in [-0.15, -0.1) is 0 Å². The summed E-state index contributed by atoms with van der Waals surface area (Å²) in [6, 6.07) is 12.1. The molecule has 0 unspecified atom stereocenters. The quantitative estimate of drug-likeness (QED) is 0.411. The van der Waals surface area contributed by atoms with E-state index in [1.807, 2.05) is 30.5 Å². The molecule has 2 aromatic rings.